The molecule has 0 fully saturated rings. The van der Waals surface area contributed by atoms with E-state index in [1.165, 1.54) is 0 Å². The van der Waals surface area contributed by atoms with Gasteiger partial charge in [-0.3, -0.25) is 0 Å². The maximum atomic E-state index is 6.18. The van der Waals surface area contributed by atoms with Crippen LogP contribution in [0.15, 0.2) is 154 Å². The Balaban J connectivity index is 1.18. The van der Waals surface area contributed by atoms with Gasteiger partial charge in [-0.25, -0.2) is 19.9 Å². The summed E-state index contributed by atoms with van der Waals surface area (Å²) in [4.78, 5) is 19.7. The van der Waals surface area contributed by atoms with Crippen LogP contribution in [-0.4, -0.2) is 19.9 Å². The Morgan fingerprint density at radius 3 is 1.85 bits per heavy atom. The second-order valence-electron chi connectivity index (χ2n) is 11.1. The lowest BCUT2D eigenvalue weighted by Crippen LogP contribution is -2.00. The minimum absolute atomic E-state index is 0.586. The molecule has 6 aromatic carbocycles. The van der Waals surface area contributed by atoms with E-state index in [4.69, 9.17) is 28.8 Å². The van der Waals surface area contributed by atoms with E-state index in [2.05, 4.69) is 24.3 Å². The van der Waals surface area contributed by atoms with Gasteiger partial charge in [0.2, 0.25) is 5.89 Å². The van der Waals surface area contributed by atoms with Gasteiger partial charge in [0.15, 0.2) is 23.1 Å². The first-order valence-electron chi connectivity index (χ1n) is 15.1. The molecule has 0 aliphatic rings. The molecule has 0 amide bonds. The quantitative estimate of drug-likeness (QED) is 0.198. The summed E-state index contributed by atoms with van der Waals surface area (Å²) in [6.45, 7) is 0. The zero-order chi connectivity index (χ0) is 30.5. The van der Waals surface area contributed by atoms with Crippen LogP contribution in [0.4, 0.5) is 0 Å². The Kier molecular flexibility index (Phi) is 6.03. The number of furan rings is 1. The Morgan fingerprint density at radius 2 is 1.00 bits per heavy atom. The summed E-state index contributed by atoms with van der Waals surface area (Å²) in [5.74, 6) is 2.38. The Bertz CT molecular complexity index is 2540. The molecule has 0 spiro atoms. The Labute approximate surface area is 263 Å². The number of oxazole rings is 1. The molecule has 6 heteroatoms. The van der Waals surface area contributed by atoms with Crippen LogP contribution in [-0.2, 0) is 0 Å². The lowest BCUT2D eigenvalue weighted by Gasteiger charge is -2.10. The number of hydrogen-bond donors (Lipinski definition) is 0. The molecule has 0 atom stereocenters. The van der Waals surface area contributed by atoms with E-state index in [1.807, 2.05) is 121 Å². The second kappa shape index (κ2) is 10.6. The highest BCUT2D eigenvalue weighted by Crippen LogP contribution is 2.37. The van der Waals surface area contributed by atoms with Gasteiger partial charge in [0.25, 0.3) is 0 Å². The number of aromatic nitrogens is 4. The number of benzene rings is 6. The van der Waals surface area contributed by atoms with E-state index in [-0.39, 0.29) is 0 Å². The fourth-order valence-corrected chi connectivity index (χ4v) is 5.95. The molecule has 216 valence electrons. The molecule has 46 heavy (non-hydrogen) atoms. The van der Waals surface area contributed by atoms with Crippen LogP contribution in [0.3, 0.4) is 0 Å². The largest absolute Gasteiger partial charge is 0.456 e. The van der Waals surface area contributed by atoms with Crippen molar-refractivity contribution in [1.29, 1.82) is 0 Å². The zero-order valence-corrected chi connectivity index (χ0v) is 24.5. The third-order valence-electron chi connectivity index (χ3n) is 8.17. The van der Waals surface area contributed by atoms with Crippen LogP contribution in [0.1, 0.15) is 0 Å². The van der Waals surface area contributed by atoms with Crippen LogP contribution >= 0.6 is 0 Å². The molecule has 9 aromatic rings. The SMILES string of the molecule is c1ccc(-c2nc(-c3cccc(-c4ccc5nc(-c6ccccc6)oc5c4)c3)nc(-c3cccc4oc5ccccc5c34)n2)cc1. The lowest BCUT2D eigenvalue weighted by atomic mass is 10.0. The second-order valence-corrected chi connectivity index (χ2v) is 11.1. The van der Waals surface area contributed by atoms with Gasteiger partial charge in [-0.05, 0) is 53.6 Å². The number of rotatable bonds is 5. The van der Waals surface area contributed by atoms with Crippen LogP contribution in [0.25, 0.3) is 89.8 Å². The molecule has 0 saturated carbocycles. The highest BCUT2D eigenvalue weighted by atomic mass is 16.3. The number of para-hydroxylation sites is 1. The summed E-state index contributed by atoms with van der Waals surface area (Å²) < 4.78 is 12.4. The molecule has 0 saturated heterocycles. The van der Waals surface area contributed by atoms with Crippen LogP contribution in [0, 0.1) is 0 Å². The molecule has 0 bridgehead atoms. The average molecular weight is 593 g/mol. The van der Waals surface area contributed by atoms with E-state index < -0.39 is 0 Å². The fourth-order valence-electron chi connectivity index (χ4n) is 5.95. The minimum Gasteiger partial charge on any atom is -0.456 e. The first-order valence-corrected chi connectivity index (χ1v) is 15.1. The minimum atomic E-state index is 0.586. The zero-order valence-electron chi connectivity index (χ0n) is 24.5. The molecule has 0 unspecified atom stereocenters. The Hall–Kier alpha value is -6.40. The lowest BCUT2D eigenvalue weighted by molar-refractivity contribution is 0.620. The van der Waals surface area contributed by atoms with Crippen LogP contribution in [0.5, 0.6) is 0 Å². The van der Waals surface area contributed by atoms with Crippen LogP contribution < -0.4 is 0 Å². The molecular weight excluding hydrogens is 568 g/mol. The summed E-state index contributed by atoms with van der Waals surface area (Å²) in [5.41, 5.74) is 8.83. The molecule has 0 aliphatic heterocycles. The average Bonchev–Trinajstić information content (AvgIpc) is 3.74. The van der Waals surface area contributed by atoms with E-state index in [0.717, 1.165) is 66.4 Å². The normalized spacial score (nSPS) is 11.5. The van der Waals surface area contributed by atoms with Crippen molar-refractivity contribution in [3.8, 4) is 56.7 Å². The van der Waals surface area contributed by atoms with Gasteiger partial charge in [-0.15, -0.1) is 0 Å². The van der Waals surface area contributed by atoms with E-state index >= 15 is 0 Å². The van der Waals surface area contributed by atoms with E-state index in [1.54, 1.807) is 0 Å². The monoisotopic (exact) mass is 592 g/mol. The predicted octanol–water partition coefficient (Wildman–Crippen LogP) is 10.2. The molecule has 6 nitrogen and oxygen atoms in total. The van der Waals surface area contributed by atoms with E-state index in [9.17, 15) is 0 Å². The summed E-state index contributed by atoms with van der Waals surface area (Å²) in [6.07, 6.45) is 0. The summed E-state index contributed by atoms with van der Waals surface area (Å²) in [6, 6.07) is 48.4. The maximum Gasteiger partial charge on any atom is 0.227 e. The molecule has 0 radical (unpaired) electrons. The molecule has 9 rings (SSSR count). The standard InChI is InChI=1S/C40H24N4O2/c1-3-11-25(12-4-1)37-42-38(44-39(43-37)31-18-10-20-34-36(31)30-17-7-8-19-33(30)45-34)29-16-9-15-27(23-29)28-21-22-32-35(24-28)46-40(41-32)26-13-5-2-6-14-26/h1-24H. The van der Waals surface area contributed by atoms with Crippen molar-refractivity contribution in [2.24, 2.45) is 0 Å². The van der Waals surface area contributed by atoms with Crippen LogP contribution in [0.2, 0.25) is 0 Å². The van der Waals surface area contributed by atoms with Crippen molar-refractivity contribution < 1.29 is 8.83 Å². The van der Waals surface area contributed by atoms with Crippen molar-refractivity contribution in [2.75, 3.05) is 0 Å². The number of nitrogens with zero attached hydrogens (tertiary/aromatic N) is 4. The molecule has 0 N–H and O–H groups in total. The van der Waals surface area contributed by atoms with Crippen molar-refractivity contribution in [3.05, 3.63) is 146 Å². The van der Waals surface area contributed by atoms with Gasteiger partial charge in [0, 0.05) is 33.0 Å². The summed E-state index contributed by atoms with van der Waals surface area (Å²) in [7, 11) is 0. The molecule has 0 aliphatic carbocycles. The topological polar surface area (TPSA) is 77.8 Å². The fraction of sp³-hybridized carbons (Fsp3) is 0. The molecule has 3 aromatic heterocycles. The number of fused-ring (bicyclic) bond motifs is 4. The van der Waals surface area contributed by atoms with Crippen molar-refractivity contribution in [1.82, 2.24) is 19.9 Å². The number of hydrogen-bond acceptors (Lipinski definition) is 6. The van der Waals surface area contributed by atoms with Gasteiger partial charge in [-0.1, -0.05) is 103 Å². The van der Waals surface area contributed by atoms with Gasteiger partial charge >= 0.3 is 0 Å². The van der Waals surface area contributed by atoms with E-state index in [0.29, 0.717) is 23.4 Å². The van der Waals surface area contributed by atoms with Gasteiger partial charge in [0.1, 0.15) is 16.7 Å². The molecular formula is C40H24N4O2. The summed E-state index contributed by atoms with van der Waals surface area (Å²) >= 11 is 0. The maximum absolute atomic E-state index is 6.18. The predicted molar refractivity (Wildman–Crippen MR) is 182 cm³/mol. The van der Waals surface area contributed by atoms with Gasteiger partial charge in [-0.2, -0.15) is 0 Å². The first-order chi connectivity index (χ1) is 22.8. The highest BCUT2D eigenvalue weighted by molar-refractivity contribution is 6.11. The first kappa shape index (κ1) is 26.0. The third kappa shape index (κ3) is 4.52. The smallest absolute Gasteiger partial charge is 0.227 e. The Morgan fingerprint density at radius 1 is 0.370 bits per heavy atom. The molecule has 3 heterocycles. The highest BCUT2D eigenvalue weighted by Gasteiger charge is 2.18. The third-order valence-corrected chi connectivity index (χ3v) is 8.17. The van der Waals surface area contributed by atoms with Gasteiger partial charge < -0.3 is 8.83 Å². The van der Waals surface area contributed by atoms with Crippen molar-refractivity contribution in [2.45, 2.75) is 0 Å². The van der Waals surface area contributed by atoms with Crippen molar-refractivity contribution in [3.63, 3.8) is 0 Å². The summed E-state index contributed by atoms with van der Waals surface area (Å²) in [5, 5.41) is 2.01. The van der Waals surface area contributed by atoms with Gasteiger partial charge in [0.05, 0.1) is 0 Å². The van der Waals surface area contributed by atoms with Crippen molar-refractivity contribution >= 4 is 33.0 Å².